The van der Waals surface area contributed by atoms with Crippen molar-refractivity contribution in [3.63, 3.8) is 0 Å². The molecule has 2 aromatic rings. The van der Waals surface area contributed by atoms with E-state index in [0.29, 0.717) is 19.6 Å². The Balaban J connectivity index is 1.91. The zero-order valence-electron chi connectivity index (χ0n) is 13.4. The number of nitrogens with zero attached hydrogens (tertiary/aromatic N) is 1. The van der Waals surface area contributed by atoms with E-state index in [1.54, 1.807) is 0 Å². The quantitative estimate of drug-likeness (QED) is 0.681. The van der Waals surface area contributed by atoms with Crippen LogP contribution in [0.1, 0.15) is 29.3 Å². The van der Waals surface area contributed by atoms with Crippen LogP contribution in [0.5, 0.6) is 5.88 Å². The summed E-state index contributed by atoms with van der Waals surface area (Å²) in [4.78, 5) is 23.5. The second-order valence-corrected chi connectivity index (χ2v) is 5.79. The van der Waals surface area contributed by atoms with E-state index in [9.17, 15) is 9.59 Å². The van der Waals surface area contributed by atoms with Crippen LogP contribution in [-0.2, 0) is 6.42 Å². The second-order valence-electron chi connectivity index (χ2n) is 5.02. The largest absolute Gasteiger partial charge is 0.476 e. The van der Waals surface area contributed by atoms with Crippen LogP contribution in [0.3, 0.4) is 0 Å². The van der Waals surface area contributed by atoms with E-state index in [-0.39, 0.29) is 16.4 Å². The first-order valence-electron chi connectivity index (χ1n) is 7.62. The highest BCUT2D eigenvalue weighted by Gasteiger charge is 2.21. The first-order valence-corrected chi connectivity index (χ1v) is 8.40. The third kappa shape index (κ3) is 4.95. The summed E-state index contributed by atoms with van der Waals surface area (Å²) in [6.07, 6.45) is 1.49. The second kappa shape index (κ2) is 8.88. The van der Waals surface area contributed by atoms with E-state index in [1.165, 1.54) is 0 Å². The van der Waals surface area contributed by atoms with Crippen LogP contribution in [-0.4, -0.2) is 29.5 Å². The van der Waals surface area contributed by atoms with Gasteiger partial charge in [-0.05, 0) is 29.9 Å². The highest BCUT2D eigenvalue weighted by molar-refractivity contribution is 7.11. The van der Waals surface area contributed by atoms with Crippen LogP contribution in [0.4, 0.5) is 9.80 Å². The zero-order chi connectivity index (χ0) is 17.4. The topological polar surface area (TPSA) is 106 Å². The number of primary amides is 1. The van der Waals surface area contributed by atoms with Gasteiger partial charge in [0, 0.05) is 6.54 Å². The van der Waals surface area contributed by atoms with Gasteiger partial charge in [-0.2, -0.15) is 4.37 Å². The Kier molecular flexibility index (Phi) is 6.56. The van der Waals surface area contributed by atoms with Crippen LogP contribution < -0.4 is 21.1 Å². The molecule has 8 heteroatoms. The maximum absolute atomic E-state index is 12.0. The van der Waals surface area contributed by atoms with Crippen molar-refractivity contribution in [2.75, 3.05) is 18.5 Å². The molecule has 1 heterocycles. The molecule has 3 amide bonds. The Hall–Kier alpha value is -2.61. The molecule has 0 aliphatic heterocycles. The van der Waals surface area contributed by atoms with Gasteiger partial charge in [0.25, 0.3) is 5.91 Å². The maximum atomic E-state index is 12.0. The number of benzene rings is 1. The number of nitrogens with two attached hydrogens (primary N) is 1. The van der Waals surface area contributed by atoms with E-state index >= 15 is 0 Å². The number of nitrogens with one attached hydrogen (secondary N) is 2. The van der Waals surface area contributed by atoms with Gasteiger partial charge >= 0.3 is 6.03 Å². The highest BCUT2D eigenvalue weighted by atomic mass is 32.1. The Morgan fingerprint density at radius 3 is 2.71 bits per heavy atom. The molecule has 0 atom stereocenters. The summed E-state index contributed by atoms with van der Waals surface area (Å²) in [5.74, 6) is -0.525. The number of carbonyl (C=O) groups excluding carboxylic acids is 2. The van der Waals surface area contributed by atoms with Crippen molar-refractivity contribution in [3.05, 3.63) is 41.5 Å². The Labute approximate surface area is 144 Å². The third-order valence-electron chi connectivity index (χ3n) is 3.12. The van der Waals surface area contributed by atoms with Crippen LogP contribution in [0.25, 0.3) is 0 Å². The van der Waals surface area contributed by atoms with Gasteiger partial charge in [-0.3, -0.25) is 10.1 Å². The molecule has 0 spiro atoms. The lowest BCUT2D eigenvalue weighted by atomic mass is 10.1. The van der Waals surface area contributed by atoms with Gasteiger partial charge in [0.1, 0.15) is 10.6 Å². The van der Waals surface area contributed by atoms with Gasteiger partial charge in [-0.25, -0.2) is 4.79 Å². The maximum Gasteiger partial charge on any atom is 0.319 e. The lowest BCUT2D eigenvalue weighted by molar-refractivity contribution is 0.0997. The summed E-state index contributed by atoms with van der Waals surface area (Å²) < 4.78 is 9.41. The summed E-state index contributed by atoms with van der Waals surface area (Å²) in [5, 5.41) is 5.62. The molecule has 128 valence electrons. The Bertz CT molecular complexity index is 688. The van der Waals surface area contributed by atoms with Crippen LogP contribution in [0.15, 0.2) is 30.3 Å². The molecule has 0 aliphatic rings. The molecule has 1 aromatic heterocycles. The van der Waals surface area contributed by atoms with Crippen molar-refractivity contribution in [1.29, 1.82) is 0 Å². The molecule has 0 bridgehead atoms. The third-order valence-corrected chi connectivity index (χ3v) is 3.87. The Morgan fingerprint density at radius 1 is 1.29 bits per heavy atom. The van der Waals surface area contributed by atoms with Gasteiger partial charge in [0.15, 0.2) is 0 Å². The minimum absolute atomic E-state index is 0.103. The molecular weight excluding hydrogens is 328 g/mol. The van der Waals surface area contributed by atoms with E-state index < -0.39 is 11.9 Å². The molecule has 0 saturated carbocycles. The monoisotopic (exact) mass is 348 g/mol. The van der Waals surface area contributed by atoms with Crippen molar-refractivity contribution in [1.82, 2.24) is 9.69 Å². The number of anilines is 1. The summed E-state index contributed by atoms with van der Waals surface area (Å²) >= 11 is 0.965. The van der Waals surface area contributed by atoms with Crippen molar-refractivity contribution in [2.45, 2.75) is 19.8 Å². The molecule has 4 N–H and O–H groups in total. The van der Waals surface area contributed by atoms with E-state index in [0.717, 1.165) is 23.5 Å². The molecule has 2 rings (SSSR count). The standard InChI is InChI=1S/C16H20N4O3S/c1-2-10-23-14-12(13(17)21)15(24-20-14)19-16(22)18-9-8-11-6-4-3-5-7-11/h3-7H,2,8-10H2,1H3,(H2,17,21)(H2,18,19,22). The number of hydrogen-bond acceptors (Lipinski definition) is 5. The summed E-state index contributed by atoms with van der Waals surface area (Å²) in [7, 11) is 0. The van der Waals surface area contributed by atoms with Crippen molar-refractivity contribution in [2.24, 2.45) is 5.73 Å². The number of urea groups is 1. The average molecular weight is 348 g/mol. The molecular formula is C16H20N4O3S. The van der Waals surface area contributed by atoms with Crippen molar-refractivity contribution in [3.8, 4) is 5.88 Å². The molecule has 24 heavy (non-hydrogen) atoms. The molecule has 0 aliphatic carbocycles. The predicted octanol–water partition coefficient (Wildman–Crippen LogP) is 2.40. The summed E-state index contributed by atoms with van der Waals surface area (Å²) in [5.41, 5.74) is 6.59. The number of amides is 3. The molecule has 7 nitrogen and oxygen atoms in total. The highest BCUT2D eigenvalue weighted by Crippen LogP contribution is 2.30. The SMILES string of the molecule is CCCOc1nsc(NC(=O)NCCc2ccccc2)c1C(N)=O. The number of carbonyl (C=O) groups is 2. The van der Waals surface area contributed by atoms with Crippen LogP contribution >= 0.6 is 11.5 Å². The fourth-order valence-corrected chi connectivity index (χ4v) is 2.72. The lowest BCUT2D eigenvalue weighted by Crippen LogP contribution is -2.31. The molecule has 0 radical (unpaired) electrons. The van der Waals surface area contributed by atoms with Gasteiger partial charge in [0.05, 0.1) is 6.61 Å². The zero-order valence-corrected chi connectivity index (χ0v) is 14.2. The molecule has 0 fully saturated rings. The number of rotatable bonds is 8. The van der Waals surface area contributed by atoms with Crippen molar-refractivity contribution >= 4 is 28.5 Å². The van der Waals surface area contributed by atoms with Crippen molar-refractivity contribution < 1.29 is 14.3 Å². The minimum atomic E-state index is -0.686. The fourth-order valence-electron chi connectivity index (χ4n) is 1.99. The molecule has 0 saturated heterocycles. The molecule has 1 aromatic carbocycles. The number of hydrogen-bond donors (Lipinski definition) is 3. The summed E-state index contributed by atoms with van der Waals surface area (Å²) in [6, 6.07) is 9.40. The van der Waals surface area contributed by atoms with Gasteiger partial charge in [-0.1, -0.05) is 37.3 Å². The minimum Gasteiger partial charge on any atom is -0.476 e. The Morgan fingerprint density at radius 2 is 2.04 bits per heavy atom. The van der Waals surface area contributed by atoms with Gasteiger partial charge in [-0.15, -0.1) is 0 Å². The first kappa shape index (κ1) is 17.7. The average Bonchev–Trinajstić information content (AvgIpc) is 2.96. The van der Waals surface area contributed by atoms with Gasteiger partial charge < -0.3 is 15.8 Å². The summed E-state index contributed by atoms with van der Waals surface area (Å²) in [6.45, 7) is 2.84. The number of aromatic nitrogens is 1. The lowest BCUT2D eigenvalue weighted by Gasteiger charge is -2.07. The van der Waals surface area contributed by atoms with Crippen LogP contribution in [0.2, 0.25) is 0 Å². The van der Waals surface area contributed by atoms with E-state index in [1.807, 2.05) is 37.3 Å². The fraction of sp³-hybridized carbons (Fsp3) is 0.312. The van der Waals surface area contributed by atoms with Crippen LogP contribution in [0, 0.1) is 0 Å². The predicted molar refractivity (Wildman–Crippen MR) is 93.6 cm³/mol. The van der Waals surface area contributed by atoms with E-state index in [4.69, 9.17) is 10.5 Å². The smallest absolute Gasteiger partial charge is 0.319 e. The number of ether oxygens (including phenoxy) is 1. The molecule has 0 unspecified atom stereocenters. The first-order chi connectivity index (χ1) is 11.6. The van der Waals surface area contributed by atoms with E-state index in [2.05, 4.69) is 15.0 Å². The normalized spacial score (nSPS) is 10.2. The van der Waals surface area contributed by atoms with Gasteiger partial charge in [0.2, 0.25) is 5.88 Å².